The smallest absolute Gasteiger partial charge is 0.419 e. The van der Waals surface area contributed by atoms with Crippen molar-refractivity contribution < 1.29 is 13.9 Å². The molecule has 1 aliphatic heterocycles. The van der Waals surface area contributed by atoms with E-state index in [1.165, 1.54) is 0 Å². The van der Waals surface area contributed by atoms with E-state index in [0.717, 1.165) is 30.5 Å². The number of nitrogens with zero attached hydrogens (tertiary/aromatic N) is 3. The number of piperidine rings is 1. The Hall–Kier alpha value is -2.28. The van der Waals surface area contributed by atoms with E-state index < -0.39 is 5.60 Å². The topological polar surface area (TPSA) is 67.9 Å². The Morgan fingerprint density at radius 1 is 1.30 bits per heavy atom. The molecular weight excluding hydrogens is 382 g/mol. The summed E-state index contributed by atoms with van der Waals surface area (Å²) in [7, 11) is 3.97. The third kappa shape index (κ3) is 4.89. The second-order valence-corrected chi connectivity index (χ2v) is 10.2. The van der Waals surface area contributed by atoms with Gasteiger partial charge < -0.3 is 19.0 Å². The summed E-state index contributed by atoms with van der Waals surface area (Å²) < 4.78 is 12.8. The number of benzene rings is 1. The van der Waals surface area contributed by atoms with Crippen LogP contribution in [0.3, 0.4) is 0 Å². The molecule has 0 aliphatic carbocycles. The number of carbonyl (C=O) groups is 1. The quantitative estimate of drug-likeness (QED) is 0.751. The van der Waals surface area contributed by atoms with Crippen molar-refractivity contribution in [1.82, 2.24) is 14.4 Å². The van der Waals surface area contributed by atoms with Gasteiger partial charge in [-0.2, -0.15) is 0 Å². The number of rotatable bonds is 4. The van der Waals surface area contributed by atoms with Gasteiger partial charge in [-0.3, -0.25) is 4.57 Å². The SMILES string of the molecule is CN(C)CCn1c(=O)oc2cc(C3CCN(C(=O)OC(C)(C)C)C(C)(C)C3)ccc21. The fourth-order valence-corrected chi connectivity index (χ4v) is 4.19. The highest BCUT2D eigenvalue weighted by Gasteiger charge is 2.40. The Bertz CT molecular complexity index is 965. The molecule has 2 heterocycles. The number of fused-ring (bicyclic) bond motifs is 1. The van der Waals surface area contributed by atoms with Crippen LogP contribution in [0.2, 0.25) is 0 Å². The second-order valence-electron chi connectivity index (χ2n) is 10.2. The van der Waals surface area contributed by atoms with E-state index in [-0.39, 0.29) is 17.4 Å². The highest BCUT2D eigenvalue weighted by molar-refractivity contribution is 5.74. The third-order valence-electron chi connectivity index (χ3n) is 5.73. The zero-order chi connectivity index (χ0) is 22.3. The van der Waals surface area contributed by atoms with Crippen LogP contribution < -0.4 is 5.76 Å². The lowest BCUT2D eigenvalue weighted by atomic mass is 9.79. The van der Waals surface area contributed by atoms with Crippen LogP contribution in [0.1, 0.15) is 58.9 Å². The molecule has 7 heteroatoms. The predicted molar refractivity (Wildman–Crippen MR) is 118 cm³/mol. The number of carbonyl (C=O) groups excluding carboxylic acids is 1. The van der Waals surface area contributed by atoms with Crippen LogP contribution in [0.4, 0.5) is 4.79 Å². The lowest BCUT2D eigenvalue weighted by molar-refractivity contribution is -0.00932. The van der Waals surface area contributed by atoms with Crippen LogP contribution >= 0.6 is 0 Å². The van der Waals surface area contributed by atoms with Crippen LogP contribution in [0.15, 0.2) is 27.4 Å². The molecule has 1 aliphatic rings. The first-order valence-electron chi connectivity index (χ1n) is 10.7. The molecule has 1 aromatic carbocycles. The molecule has 1 fully saturated rings. The molecule has 0 spiro atoms. The molecule has 1 atom stereocenters. The number of ether oxygens (including phenoxy) is 1. The summed E-state index contributed by atoms with van der Waals surface area (Å²) >= 11 is 0. The Labute approximate surface area is 178 Å². The van der Waals surface area contributed by atoms with Gasteiger partial charge in [0.15, 0.2) is 5.58 Å². The molecular formula is C23H35N3O4. The summed E-state index contributed by atoms with van der Waals surface area (Å²) in [5.41, 5.74) is 1.78. The van der Waals surface area contributed by atoms with Crippen molar-refractivity contribution in [3.8, 4) is 0 Å². The van der Waals surface area contributed by atoms with Crippen molar-refractivity contribution in [2.45, 2.75) is 71.1 Å². The molecule has 0 N–H and O–H groups in total. The van der Waals surface area contributed by atoms with Crippen LogP contribution in [-0.4, -0.2) is 58.8 Å². The van der Waals surface area contributed by atoms with E-state index in [0.29, 0.717) is 24.6 Å². The van der Waals surface area contributed by atoms with Crippen molar-refractivity contribution in [2.24, 2.45) is 0 Å². The van der Waals surface area contributed by atoms with Gasteiger partial charge in [0.1, 0.15) is 5.60 Å². The highest BCUT2D eigenvalue weighted by atomic mass is 16.6. The van der Waals surface area contributed by atoms with Crippen LogP contribution in [0.5, 0.6) is 0 Å². The first kappa shape index (κ1) is 22.4. The van der Waals surface area contributed by atoms with Gasteiger partial charge in [-0.1, -0.05) is 6.07 Å². The maximum absolute atomic E-state index is 12.6. The monoisotopic (exact) mass is 417 g/mol. The molecule has 1 saturated heterocycles. The summed E-state index contributed by atoms with van der Waals surface area (Å²) in [5.74, 6) is -0.0254. The summed E-state index contributed by atoms with van der Waals surface area (Å²) in [5, 5.41) is 0. The third-order valence-corrected chi connectivity index (χ3v) is 5.73. The fourth-order valence-electron chi connectivity index (χ4n) is 4.19. The van der Waals surface area contributed by atoms with Crippen molar-refractivity contribution >= 4 is 17.2 Å². The van der Waals surface area contributed by atoms with Crippen molar-refractivity contribution in [3.05, 3.63) is 34.3 Å². The predicted octanol–water partition coefficient (Wildman–Crippen LogP) is 4.05. The molecule has 2 aromatic rings. The Kier molecular flexibility index (Phi) is 6.05. The molecule has 0 saturated carbocycles. The van der Waals surface area contributed by atoms with Crippen molar-refractivity contribution in [3.63, 3.8) is 0 Å². The Morgan fingerprint density at radius 2 is 2.00 bits per heavy atom. The highest BCUT2D eigenvalue weighted by Crippen LogP contribution is 2.39. The summed E-state index contributed by atoms with van der Waals surface area (Å²) in [4.78, 5) is 28.8. The number of likely N-dealkylation sites (tertiary alicyclic amines) is 1. The van der Waals surface area contributed by atoms with Crippen LogP contribution in [-0.2, 0) is 11.3 Å². The summed E-state index contributed by atoms with van der Waals surface area (Å²) in [6.07, 6.45) is 1.41. The fraction of sp³-hybridized carbons (Fsp3) is 0.652. The van der Waals surface area contributed by atoms with Crippen molar-refractivity contribution in [1.29, 1.82) is 0 Å². The largest absolute Gasteiger partial charge is 0.444 e. The van der Waals surface area contributed by atoms with Crippen molar-refractivity contribution in [2.75, 3.05) is 27.2 Å². The maximum atomic E-state index is 12.6. The van der Waals surface area contributed by atoms with Gasteiger partial charge in [0.05, 0.1) is 5.52 Å². The number of hydrogen-bond acceptors (Lipinski definition) is 5. The number of hydrogen-bond donors (Lipinski definition) is 0. The standard InChI is InChI=1S/C23H35N3O4/c1-22(2,3)30-21(28)26-11-10-17(15-23(26,4)5)16-8-9-18-19(14-16)29-20(27)25(18)13-12-24(6)7/h8-9,14,17H,10-13,15H2,1-7H3. The molecule has 7 nitrogen and oxygen atoms in total. The minimum absolute atomic E-state index is 0.259. The zero-order valence-corrected chi connectivity index (χ0v) is 19.3. The average Bonchev–Trinajstić information content (AvgIpc) is 2.91. The molecule has 3 rings (SSSR count). The molecule has 1 unspecified atom stereocenters. The van der Waals surface area contributed by atoms with E-state index in [1.807, 2.05) is 56.8 Å². The summed E-state index contributed by atoms with van der Waals surface area (Å²) in [6.45, 7) is 11.8. The van der Waals surface area contributed by atoms with Gasteiger partial charge in [0, 0.05) is 25.2 Å². The number of oxazole rings is 1. The maximum Gasteiger partial charge on any atom is 0.419 e. The molecule has 1 amide bonds. The molecule has 1 aromatic heterocycles. The Balaban J connectivity index is 1.79. The van der Waals surface area contributed by atoms with Gasteiger partial charge in [-0.15, -0.1) is 0 Å². The van der Waals surface area contributed by atoms with E-state index in [4.69, 9.17) is 9.15 Å². The molecule has 30 heavy (non-hydrogen) atoms. The molecule has 166 valence electrons. The van der Waals surface area contributed by atoms with Gasteiger partial charge in [0.2, 0.25) is 0 Å². The second kappa shape index (κ2) is 8.10. The zero-order valence-electron chi connectivity index (χ0n) is 19.3. The number of amides is 1. The van der Waals surface area contributed by atoms with Gasteiger partial charge in [-0.25, -0.2) is 9.59 Å². The minimum atomic E-state index is -0.508. The molecule has 0 radical (unpaired) electrons. The van der Waals surface area contributed by atoms with Crippen LogP contribution in [0, 0.1) is 0 Å². The molecule has 0 bridgehead atoms. The van der Waals surface area contributed by atoms with Crippen LogP contribution in [0.25, 0.3) is 11.1 Å². The lowest BCUT2D eigenvalue weighted by Crippen LogP contribution is -2.53. The van der Waals surface area contributed by atoms with E-state index in [2.05, 4.69) is 19.9 Å². The van der Waals surface area contributed by atoms with Gasteiger partial charge in [-0.05, 0) is 85.2 Å². The van der Waals surface area contributed by atoms with E-state index in [9.17, 15) is 9.59 Å². The van der Waals surface area contributed by atoms with Gasteiger partial charge in [0.25, 0.3) is 0 Å². The average molecular weight is 418 g/mol. The minimum Gasteiger partial charge on any atom is -0.444 e. The summed E-state index contributed by atoms with van der Waals surface area (Å²) in [6, 6.07) is 6.07. The first-order chi connectivity index (χ1) is 13.9. The number of likely N-dealkylation sites (N-methyl/N-ethyl adjacent to an activating group) is 1. The normalized spacial score (nSPS) is 19.5. The first-order valence-corrected chi connectivity index (χ1v) is 10.7. The lowest BCUT2D eigenvalue weighted by Gasteiger charge is -2.45. The Morgan fingerprint density at radius 3 is 2.60 bits per heavy atom. The van der Waals surface area contributed by atoms with E-state index in [1.54, 1.807) is 4.57 Å². The van der Waals surface area contributed by atoms with E-state index >= 15 is 0 Å². The number of aromatic nitrogens is 1. The van der Waals surface area contributed by atoms with Gasteiger partial charge >= 0.3 is 11.8 Å².